The fourth-order valence-corrected chi connectivity index (χ4v) is 1.11. The molecule has 0 aliphatic carbocycles. The largest absolute Gasteiger partial charge is 0.573 e. The van der Waals surface area contributed by atoms with Gasteiger partial charge in [-0.25, -0.2) is 0 Å². The molecule has 0 bridgehead atoms. The van der Waals surface area contributed by atoms with Gasteiger partial charge in [0, 0.05) is 6.20 Å². The molecule has 1 N–H and O–H groups in total. The third kappa shape index (κ3) is 2.65. The quantitative estimate of drug-likeness (QED) is 0.809. The van der Waals surface area contributed by atoms with Crippen molar-refractivity contribution in [2.45, 2.75) is 6.36 Å². The monoisotopic (exact) mass is 291 g/mol. The minimum absolute atomic E-state index is 0.0960. The third-order valence-electron chi connectivity index (χ3n) is 1.17. The van der Waals surface area contributed by atoms with E-state index in [-0.39, 0.29) is 4.60 Å². The predicted octanol–water partition coefficient (Wildman–Crippen LogP) is 2.69. The van der Waals surface area contributed by atoms with Crippen molar-refractivity contribution in [2.75, 3.05) is 0 Å². The van der Waals surface area contributed by atoms with Crippen LogP contribution in [0, 0.1) is 0 Å². The van der Waals surface area contributed by atoms with Crippen LogP contribution in [0.5, 0.6) is 5.75 Å². The molecule has 1 aromatic heterocycles. The second-order valence-corrected chi connectivity index (χ2v) is 3.33. The molecule has 78 valence electrons. The highest BCUT2D eigenvalue weighted by Gasteiger charge is 2.32. The van der Waals surface area contributed by atoms with Gasteiger partial charge in [-0.05, 0) is 15.9 Å². The number of H-pyrrole nitrogens is 1. The molecule has 0 aromatic carbocycles. The SMILES string of the molecule is O=c1c(OC(F)(F)F)c[nH]c(Br)c1Cl. The molecule has 14 heavy (non-hydrogen) atoms. The Balaban J connectivity index is 3.13. The Bertz CT molecular complexity index is 403. The maximum atomic E-state index is 11.7. The first kappa shape index (κ1) is 11.4. The molecule has 0 aliphatic rings. The van der Waals surface area contributed by atoms with Crippen molar-refractivity contribution in [1.29, 1.82) is 0 Å². The number of aromatic amines is 1. The van der Waals surface area contributed by atoms with Crippen molar-refractivity contribution in [3.63, 3.8) is 0 Å². The number of hydrogen-bond donors (Lipinski definition) is 1. The number of pyridine rings is 1. The maximum Gasteiger partial charge on any atom is 0.573 e. The highest BCUT2D eigenvalue weighted by Crippen LogP contribution is 2.23. The first-order valence-corrected chi connectivity index (χ1v) is 4.31. The summed E-state index contributed by atoms with van der Waals surface area (Å²) in [6, 6.07) is 0. The van der Waals surface area contributed by atoms with Crippen LogP contribution in [0.4, 0.5) is 13.2 Å². The van der Waals surface area contributed by atoms with Crippen molar-refractivity contribution in [3.8, 4) is 5.75 Å². The first-order valence-electron chi connectivity index (χ1n) is 3.13. The topological polar surface area (TPSA) is 42.1 Å². The molecule has 0 spiro atoms. The second-order valence-electron chi connectivity index (χ2n) is 2.16. The van der Waals surface area contributed by atoms with Gasteiger partial charge in [-0.1, -0.05) is 11.6 Å². The molecule has 1 rings (SSSR count). The number of nitrogens with one attached hydrogen (secondary N) is 1. The van der Waals surface area contributed by atoms with Crippen LogP contribution < -0.4 is 10.2 Å². The van der Waals surface area contributed by atoms with E-state index in [1.54, 1.807) is 0 Å². The Labute approximate surface area is 89.0 Å². The van der Waals surface area contributed by atoms with Crippen LogP contribution in [0.3, 0.4) is 0 Å². The molecule has 0 saturated heterocycles. The summed E-state index contributed by atoms with van der Waals surface area (Å²) in [5.74, 6) is -0.897. The predicted molar refractivity (Wildman–Crippen MR) is 46.5 cm³/mol. The van der Waals surface area contributed by atoms with Gasteiger partial charge < -0.3 is 9.72 Å². The fourth-order valence-electron chi connectivity index (χ4n) is 0.666. The normalized spacial score (nSPS) is 11.5. The van der Waals surface area contributed by atoms with E-state index in [2.05, 4.69) is 25.7 Å². The lowest BCUT2D eigenvalue weighted by Gasteiger charge is -2.08. The molecule has 0 atom stereocenters. The Morgan fingerprint density at radius 2 is 2.07 bits per heavy atom. The van der Waals surface area contributed by atoms with Crippen LogP contribution in [0.2, 0.25) is 5.02 Å². The van der Waals surface area contributed by atoms with Gasteiger partial charge in [0.15, 0.2) is 5.75 Å². The van der Waals surface area contributed by atoms with Gasteiger partial charge in [0.25, 0.3) is 0 Å². The van der Waals surface area contributed by atoms with E-state index >= 15 is 0 Å². The van der Waals surface area contributed by atoms with Crippen molar-refractivity contribution in [2.24, 2.45) is 0 Å². The Morgan fingerprint density at radius 3 is 2.57 bits per heavy atom. The lowest BCUT2D eigenvalue weighted by molar-refractivity contribution is -0.275. The minimum Gasteiger partial charge on any atom is -0.400 e. The maximum absolute atomic E-state index is 11.7. The van der Waals surface area contributed by atoms with Crippen molar-refractivity contribution in [3.05, 3.63) is 26.0 Å². The van der Waals surface area contributed by atoms with Crippen LogP contribution in [0.15, 0.2) is 15.6 Å². The van der Waals surface area contributed by atoms with Crippen LogP contribution in [-0.2, 0) is 0 Å². The zero-order valence-electron chi connectivity index (χ0n) is 6.28. The van der Waals surface area contributed by atoms with Gasteiger partial charge in [0.05, 0.1) is 0 Å². The molecule has 0 aliphatic heterocycles. The molecule has 1 heterocycles. The standard InChI is InChI=1S/C6H2BrClF3NO2/c7-5-3(8)4(13)2(1-12-5)14-6(9,10)11/h1H,(H,12,13). The number of aromatic nitrogens is 1. The van der Waals surface area contributed by atoms with Crippen molar-refractivity contribution in [1.82, 2.24) is 4.98 Å². The van der Waals surface area contributed by atoms with Crippen molar-refractivity contribution >= 4 is 27.5 Å². The summed E-state index contributed by atoms with van der Waals surface area (Å²) >= 11 is 8.21. The van der Waals surface area contributed by atoms with E-state index in [9.17, 15) is 18.0 Å². The van der Waals surface area contributed by atoms with Crippen LogP contribution in [-0.4, -0.2) is 11.3 Å². The smallest absolute Gasteiger partial charge is 0.400 e. The fraction of sp³-hybridized carbons (Fsp3) is 0.167. The summed E-state index contributed by atoms with van der Waals surface area (Å²) in [7, 11) is 0. The molecule has 3 nitrogen and oxygen atoms in total. The lowest BCUT2D eigenvalue weighted by atomic mass is 10.4. The van der Waals surface area contributed by atoms with Gasteiger partial charge in [0.2, 0.25) is 5.43 Å². The van der Waals surface area contributed by atoms with Crippen LogP contribution in [0.25, 0.3) is 0 Å². The summed E-state index contributed by atoms with van der Waals surface area (Å²) < 4.78 is 38.7. The Morgan fingerprint density at radius 1 is 1.50 bits per heavy atom. The van der Waals surface area contributed by atoms with E-state index < -0.39 is 22.6 Å². The molecular formula is C6H2BrClF3NO2. The summed E-state index contributed by atoms with van der Waals surface area (Å²) in [4.78, 5) is 13.4. The zero-order valence-corrected chi connectivity index (χ0v) is 8.63. The van der Waals surface area contributed by atoms with Gasteiger partial charge in [-0.3, -0.25) is 4.79 Å². The summed E-state index contributed by atoms with van der Waals surface area (Å²) in [5, 5.41) is -0.397. The molecule has 0 saturated carbocycles. The van der Waals surface area contributed by atoms with Gasteiger partial charge >= 0.3 is 6.36 Å². The number of hydrogen-bond acceptors (Lipinski definition) is 2. The van der Waals surface area contributed by atoms with Crippen LogP contribution in [0.1, 0.15) is 0 Å². The van der Waals surface area contributed by atoms with E-state index in [1.165, 1.54) is 0 Å². The van der Waals surface area contributed by atoms with E-state index in [4.69, 9.17) is 11.6 Å². The molecule has 1 aromatic rings. The number of halogens is 5. The molecule has 0 amide bonds. The van der Waals surface area contributed by atoms with E-state index in [0.717, 1.165) is 6.20 Å². The number of rotatable bonds is 1. The third-order valence-corrected chi connectivity index (χ3v) is 2.39. The lowest BCUT2D eigenvalue weighted by Crippen LogP contribution is -2.22. The molecule has 0 unspecified atom stereocenters. The Kier molecular flexibility index (Phi) is 3.10. The van der Waals surface area contributed by atoms with E-state index in [0.29, 0.717) is 0 Å². The molecular weight excluding hydrogens is 290 g/mol. The average Bonchev–Trinajstić information content (AvgIpc) is 2.04. The van der Waals surface area contributed by atoms with Gasteiger partial charge in [-0.2, -0.15) is 0 Å². The zero-order chi connectivity index (χ0) is 10.9. The minimum atomic E-state index is -4.91. The van der Waals surface area contributed by atoms with Crippen LogP contribution >= 0.6 is 27.5 Å². The van der Waals surface area contributed by atoms with Gasteiger partial charge in [-0.15, -0.1) is 13.2 Å². The Hall–Kier alpha value is -0.690. The second kappa shape index (κ2) is 3.82. The number of alkyl halides is 3. The molecule has 0 fully saturated rings. The summed E-state index contributed by atoms with van der Waals surface area (Å²) in [6.45, 7) is 0. The summed E-state index contributed by atoms with van der Waals surface area (Å²) in [5.41, 5.74) is -1.03. The highest BCUT2D eigenvalue weighted by atomic mass is 79.9. The average molecular weight is 292 g/mol. The molecule has 0 radical (unpaired) electrons. The first-order chi connectivity index (χ1) is 6.31. The van der Waals surface area contributed by atoms with Crippen molar-refractivity contribution < 1.29 is 17.9 Å². The van der Waals surface area contributed by atoms with E-state index in [1.807, 2.05) is 0 Å². The number of ether oxygens (including phenoxy) is 1. The molecule has 8 heteroatoms. The van der Waals surface area contributed by atoms with Gasteiger partial charge in [0.1, 0.15) is 9.63 Å². The highest BCUT2D eigenvalue weighted by molar-refractivity contribution is 9.10. The summed E-state index contributed by atoms with van der Waals surface area (Å²) in [6.07, 6.45) is -4.14.